The molecule has 0 aromatic heterocycles. The van der Waals surface area contributed by atoms with Gasteiger partial charge in [-0.3, -0.25) is 0 Å². The van der Waals surface area contributed by atoms with E-state index in [1.807, 2.05) is 0 Å². The van der Waals surface area contributed by atoms with Crippen LogP contribution in [0.1, 0.15) is 608 Å². The lowest BCUT2D eigenvalue weighted by molar-refractivity contribution is -0.139. The van der Waals surface area contributed by atoms with Crippen molar-refractivity contribution in [2.45, 2.75) is 608 Å². The van der Waals surface area contributed by atoms with Gasteiger partial charge in [-0.25, -0.2) is 19.2 Å². The topological polar surface area (TPSA) is 105 Å². The second-order valence-electron chi connectivity index (χ2n) is 36.7. The Morgan fingerprint density at radius 2 is 0.203 bits per heavy atom. The summed E-state index contributed by atoms with van der Waals surface area (Å²) in [7, 11) is 0. The average molecular weight is 1660 g/mol. The highest BCUT2D eigenvalue weighted by Gasteiger charge is 2.08. The molecule has 700 valence electrons. The molecule has 0 saturated carbocycles. The summed E-state index contributed by atoms with van der Waals surface area (Å²) in [6.07, 6.45) is 120. The lowest BCUT2D eigenvalue weighted by Crippen LogP contribution is -2.05. The van der Waals surface area contributed by atoms with Crippen molar-refractivity contribution < 1.29 is 38.1 Å². The molecule has 0 saturated heterocycles. The molecule has 0 aromatic rings. The fourth-order valence-corrected chi connectivity index (χ4v) is 15.6. The molecule has 0 aliphatic heterocycles. The minimum absolute atomic E-state index is 0.251. The zero-order chi connectivity index (χ0) is 87.1. The second kappa shape index (κ2) is 110. The van der Waals surface area contributed by atoms with Crippen molar-refractivity contribution in [3.05, 3.63) is 48.6 Å². The second-order valence-corrected chi connectivity index (χ2v) is 36.7. The lowest BCUT2D eigenvalue weighted by atomic mass is 10.0. The van der Waals surface area contributed by atoms with E-state index in [1.165, 1.54) is 527 Å². The number of ether oxygens (including phenoxy) is 4. The van der Waals surface area contributed by atoms with E-state index in [-0.39, 0.29) is 23.9 Å². The molecule has 8 nitrogen and oxygen atoms in total. The molecule has 118 heavy (non-hydrogen) atoms. The van der Waals surface area contributed by atoms with Crippen molar-refractivity contribution in [2.24, 2.45) is 0 Å². The molecule has 0 aliphatic rings. The van der Waals surface area contributed by atoms with Crippen molar-refractivity contribution in [1.82, 2.24) is 0 Å². The molecule has 0 amide bonds. The van der Waals surface area contributed by atoms with E-state index >= 15 is 0 Å². The van der Waals surface area contributed by atoms with Crippen LogP contribution in [0, 0.1) is 0 Å². The number of unbranched alkanes of at least 4 members (excludes halogenated alkanes) is 82. The first kappa shape index (κ1) is 121. The Bertz CT molecular complexity index is 2040. The number of carbonyl (C=O) groups excluding carboxylic acids is 4. The Morgan fingerprint density at radius 3 is 0.271 bits per heavy atom. The van der Waals surface area contributed by atoms with Gasteiger partial charge in [0, 0.05) is 22.3 Å². The predicted molar refractivity (Wildman–Crippen MR) is 523 cm³/mol. The van der Waals surface area contributed by atoms with Crippen LogP contribution in [-0.4, -0.2) is 50.3 Å². The summed E-state index contributed by atoms with van der Waals surface area (Å²) in [4.78, 5) is 44.9. The molecular formula is C110H212O8. The van der Waals surface area contributed by atoms with Crippen molar-refractivity contribution in [3.8, 4) is 0 Å². The molecule has 0 bridgehead atoms. The van der Waals surface area contributed by atoms with E-state index in [4.69, 9.17) is 18.9 Å². The number of esters is 4. The van der Waals surface area contributed by atoms with Crippen LogP contribution in [0.15, 0.2) is 48.6 Å². The minimum atomic E-state index is -0.252. The minimum Gasteiger partial charge on any atom is -0.462 e. The van der Waals surface area contributed by atoms with Crippen molar-refractivity contribution in [1.29, 1.82) is 0 Å². The van der Waals surface area contributed by atoms with Crippen LogP contribution in [-0.2, 0) is 38.1 Å². The molecule has 0 fully saturated rings. The van der Waals surface area contributed by atoms with E-state index in [0.29, 0.717) is 48.7 Å². The molecular weight excluding hydrogens is 1450 g/mol. The van der Waals surface area contributed by atoms with Crippen LogP contribution in [0.4, 0.5) is 0 Å². The Kier molecular flexibility index (Phi) is 113. The van der Waals surface area contributed by atoms with E-state index in [9.17, 15) is 19.2 Å². The van der Waals surface area contributed by atoms with Gasteiger partial charge in [-0.2, -0.15) is 0 Å². The molecule has 0 N–H and O–H groups in total. The summed E-state index contributed by atoms with van der Waals surface area (Å²) < 4.78 is 20.4. The normalized spacial score (nSPS) is 11.0. The summed E-state index contributed by atoms with van der Waals surface area (Å²) in [6, 6.07) is 0. The highest BCUT2D eigenvalue weighted by Crippen LogP contribution is 2.22. The first-order chi connectivity index (χ1) is 57.7. The predicted octanol–water partition coefficient (Wildman–Crippen LogP) is 38.1. The number of carbonyl (C=O) groups is 4. The Morgan fingerprint density at radius 1 is 0.136 bits per heavy atom. The quantitative estimate of drug-likeness (QED) is 0.0257. The highest BCUT2D eigenvalue weighted by molar-refractivity contribution is 5.88. The van der Waals surface area contributed by atoms with Gasteiger partial charge in [0.2, 0.25) is 0 Å². The maximum Gasteiger partial charge on any atom is 0.333 e. The molecule has 8 heteroatoms. The summed E-state index contributed by atoms with van der Waals surface area (Å²) in [5, 5.41) is 0. The third kappa shape index (κ3) is 115. The maximum atomic E-state index is 11.2. The highest BCUT2D eigenvalue weighted by atomic mass is 16.5. The first-order valence-corrected chi connectivity index (χ1v) is 53.0. The number of rotatable bonds is 94. The largest absolute Gasteiger partial charge is 0.462 e. The summed E-state index contributed by atoms with van der Waals surface area (Å²) >= 11 is 0. The van der Waals surface area contributed by atoms with Gasteiger partial charge in [0.05, 0.1) is 26.4 Å². The van der Waals surface area contributed by atoms with Crippen LogP contribution in [0.25, 0.3) is 0 Å². The maximum absolute atomic E-state index is 11.2. The molecule has 0 unspecified atom stereocenters. The molecule has 0 atom stereocenters. The van der Waals surface area contributed by atoms with Crippen molar-refractivity contribution in [3.63, 3.8) is 0 Å². The molecule has 0 radical (unpaired) electrons. The standard InChI is InChI=1S/C29H56O2.C28H54O2.C27H52O2.C26H50O2/c1-4-5-6-7-8-9-10-11-12-13-14-15-16-17-18-19-20-21-22-23-24-25-26-27-31-29(30)28(2)3;1-4-5-6-7-8-9-10-11-12-13-14-15-16-17-18-19-20-21-22-23-24-25-26-30-28(29)27(2)3;1-4-5-6-7-8-9-10-11-12-13-14-15-16-17-18-19-20-21-22-23-24-25-29-27(28)26(2)3;1-4-5-6-7-8-9-10-11-12-13-14-15-16-17-18-19-20-21-22-23-24-28-26(27)25(2)3/h2,4-27H2,1,3H3;2,4-26H2,1,3H3;2,4-25H2,1,3H3;2,4-24H2,1,3H3. The fraction of sp³-hybridized carbons (Fsp3) is 0.891. The van der Waals surface area contributed by atoms with Gasteiger partial charge in [-0.1, -0.05) is 581 Å². The Hall–Kier alpha value is -3.16. The Balaban J connectivity index is -0.000000735. The first-order valence-electron chi connectivity index (χ1n) is 53.0. The van der Waals surface area contributed by atoms with Crippen LogP contribution in [0.3, 0.4) is 0 Å². The van der Waals surface area contributed by atoms with Gasteiger partial charge in [0.1, 0.15) is 0 Å². The van der Waals surface area contributed by atoms with E-state index in [0.717, 1.165) is 25.7 Å². The van der Waals surface area contributed by atoms with E-state index < -0.39 is 0 Å². The average Bonchev–Trinajstić information content (AvgIpc) is 1.03. The third-order valence-electron chi connectivity index (χ3n) is 23.8. The summed E-state index contributed by atoms with van der Waals surface area (Å²) in [5.74, 6) is -1.01. The van der Waals surface area contributed by atoms with Crippen LogP contribution in [0.5, 0.6) is 0 Å². The van der Waals surface area contributed by atoms with E-state index in [2.05, 4.69) is 54.0 Å². The number of hydrogen-bond donors (Lipinski definition) is 0. The fourth-order valence-electron chi connectivity index (χ4n) is 15.6. The summed E-state index contributed by atoms with van der Waals surface area (Å²) in [5.41, 5.74) is 1.98. The van der Waals surface area contributed by atoms with Gasteiger partial charge in [0.15, 0.2) is 0 Å². The molecule has 0 aliphatic carbocycles. The zero-order valence-corrected chi connectivity index (χ0v) is 81.7. The number of hydrogen-bond acceptors (Lipinski definition) is 8. The van der Waals surface area contributed by atoms with E-state index in [1.54, 1.807) is 27.7 Å². The van der Waals surface area contributed by atoms with Crippen LogP contribution in [0.2, 0.25) is 0 Å². The van der Waals surface area contributed by atoms with Gasteiger partial charge in [-0.15, -0.1) is 0 Å². The molecule has 0 heterocycles. The lowest BCUT2D eigenvalue weighted by Gasteiger charge is -2.05. The van der Waals surface area contributed by atoms with Crippen LogP contribution >= 0.6 is 0 Å². The van der Waals surface area contributed by atoms with Crippen molar-refractivity contribution >= 4 is 23.9 Å². The van der Waals surface area contributed by atoms with Gasteiger partial charge >= 0.3 is 23.9 Å². The SMILES string of the molecule is C=C(C)C(=O)OCCCCCCCCCCCCCCCCCCCCCC.C=C(C)C(=O)OCCCCCCCCCCCCCCCCCCCCCCC.C=C(C)C(=O)OCCCCCCCCCCCCCCCCCCCCCCCC.C=C(C)C(=O)OCCCCCCCCCCCCCCCCCCCCCCCCC. The molecule has 0 rings (SSSR count). The summed E-state index contributed by atoms with van der Waals surface area (Å²) in [6.45, 7) is 32.5. The van der Waals surface area contributed by atoms with Gasteiger partial charge in [0.25, 0.3) is 0 Å². The van der Waals surface area contributed by atoms with Crippen molar-refractivity contribution in [2.75, 3.05) is 26.4 Å². The van der Waals surface area contributed by atoms with Gasteiger partial charge in [-0.05, 0) is 53.4 Å². The molecule has 0 aromatic carbocycles. The van der Waals surface area contributed by atoms with Crippen LogP contribution < -0.4 is 0 Å². The zero-order valence-electron chi connectivity index (χ0n) is 81.7. The smallest absolute Gasteiger partial charge is 0.333 e. The third-order valence-corrected chi connectivity index (χ3v) is 23.8. The van der Waals surface area contributed by atoms with Gasteiger partial charge < -0.3 is 18.9 Å². The Labute approximate surface area is 740 Å². The monoisotopic (exact) mass is 1660 g/mol. The molecule has 0 spiro atoms.